The second-order valence-corrected chi connectivity index (χ2v) is 25.4. The van der Waals surface area contributed by atoms with Crippen molar-refractivity contribution in [2.24, 2.45) is 0 Å². The third-order valence-electron chi connectivity index (χ3n) is 14.5. The summed E-state index contributed by atoms with van der Waals surface area (Å²) in [5, 5.41) is 5.51. The number of nitrogens with zero attached hydrogens (tertiary/aromatic N) is 3. The zero-order valence-electron chi connectivity index (χ0n) is 42.8. The van der Waals surface area contributed by atoms with E-state index in [1.54, 1.807) is 6.07 Å². The van der Waals surface area contributed by atoms with Crippen molar-refractivity contribution in [1.29, 1.82) is 0 Å². The van der Waals surface area contributed by atoms with Crippen LogP contribution in [0.25, 0.3) is 83.2 Å². The van der Waals surface area contributed by atoms with Gasteiger partial charge in [0, 0.05) is 44.0 Å². The van der Waals surface area contributed by atoms with Gasteiger partial charge in [-0.25, -0.2) is 0 Å². The van der Waals surface area contributed by atoms with E-state index in [1.807, 2.05) is 32.0 Å². The number of aromatic nitrogens is 3. The highest BCUT2D eigenvalue weighted by atomic mass is 28.3. The van der Waals surface area contributed by atoms with Gasteiger partial charge in [-0.1, -0.05) is 146 Å². The lowest BCUT2D eigenvalue weighted by Crippen LogP contribution is -2.72. The SMILES string of the molecule is [2H]C([2H])([2H])c1ccc2c(c1)C1(c3ccc4c(oc5cc(-c6ccccc6)ccc54)c3-c3n(-c4c(C(C)C)cccc4C(C)C)c4c5ccccc5ccc4[n+]31)[n+]1cc([Si](C)(C)C)c(C([2H])(C)C)cc1-2. The minimum absolute atomic E-state index is 0.190. The highest BCUT2D eigenvalue weighted by molar-refractivity contribution is 6.89. The average Bonchev–Trinajstić information content (AvgIpc) is 4.03. The average molecular weight is 868 g/mol. The lowest BCUT2D eigenvalue weighted by molar-refractivity contribution is -0.944. The lowest BCUT2D eigenvalue weighted by Gasteiger charge is -2.25. The molecule has 320 valence electrons. The highest BCUT2D eigenvalue weighted by Crippen LogP contribution is 2.54. The van der Waals surface area contributed by atoms with Crippen molar-refractivity contribution in [2.45, 2.75) is 91.4 Å². The molecule has 0 saturated carbocycles. The first-order valence-electron chi connectivity index (χ1n) is 25.2. The van der Waals surface area contributed by atoms with Gasteiger partial charge in [0.15, 0.2) is 22.8 Å². The third kappa shape index (κ3) is 5.42. The van der Waals surface area contributed by atoms with E-state index in [1.165, 1.54) is 16.3 Å². The van der Waals surface area contributed by atoms with Crippen LogP contribution in [0.2, 0.25) is 19.6 Å². The van der Waals surface area contributed by atoms with Gasteiger partial charge in [-0.3, -0.25) is 0 Å². The Morgan fingerprint density at radius 2 is 1.40 bits per heavy atom. The Labute approximate surface area is 389 Å². The van der Waals surface area contributed by atoms with E-state index in [2.05, 4.69) is 182 Å². The van der Waals surface area contributed by atoms with E-state index >= 15 is 0 Å². The molecule has 7 aromatic carbocycles. The number of hydrogen-bond acceptors (Lipinski definition) is 1. The molecular weight excluding hydrogens is 807 g/mol. The van der Waals surface area contributed by atoms with Crippen LogP contribution in [0.4, 0.5) is 0 Å². The zero-order valence-corrected chi connectivity index (χ0v) is 39.8. The Morgan fingerprint density at radius 1 is 0.662 bits per heavy atom. The van der Waals surface area contributed by atoms with Crippen molar-refractivity contribution < 1.29 is 19.0 Å². The lowest BCUT2D eigenvalue weighted by atomic mass is 9.87. The Bertz CT molecular complexity index is 3780. The van der Waals surface area contributed by atoms with Gasteiger partial charge in [0.05, 0.1) is 24.8 Å². The molecule has 12 rings (SSSR count). The van der Waals surface area contributed by atoms with Crippen LogP contribution in [0.3, 0.4) is 0 Å². The predicted molar refractivity (Wildman–Crippen MR) is 273 cm³/mol. The van der Waals surface area contributed by atoms with Gasteiger partial charge < -0.3 is 4.42 Å². The molecule has 5 heterocycles. The van der Waals surface area contributed by atoms with E-state index in [9.17, 15) is 1.37 Å². The molecule has 0 radical (unpaired) electrons. The van der Waals surface area contributed by atoms with Gasteiger partial charge in [-0.2, -0.15) is 4.57 Å². The molecule has 1 spiro atoms. The maximum atomic E-state index is 9.61. The normalized spacial score (nSPS) is 16.7. The molecule has 0 bridgehead atoms. The number of benzene rings is 7. The third-order valence-corrected chi connectivity index (χ3v) is 16.5. The van der Waals surface area contributed by atoms with Crippen molar-refractivity contribution in [3.05, 3.63) is 179 Å². The summed E-state index contributed by atoms with van der Waals surface area (Å²) in [4.78, 5) is 0. The highest BCUT2D eigenvalue weighted by Gasteiger charge is 2.67. The first kappa shape index (κ1) is 35.7. The summed E-state index contributed by atoms with van der Waals surface area (Å²) in [6.45, 7) is 17.9. The topological polar surface area (TPSA) is 25.8 Å². The number of aryl methyl sites for hydroxylation is 1. The Morgan fingerprint density at radius 3 is 2.12 bits per heavy atom. The van der Waals surface area contributed by atoms with Crippen molar-refractivity contribution in [3.63, 3.8) is 0 Å². The number of furan rings is 1. The molecule has 10 aromatic rings. The molecular formula is C60H57N3OSi+2. The number of hydrogen-bond donors (Lipinski definition) is 0. The molecule has 1 unspecified atom stereocenters. The fourth-order valence-electron chi connectivity index (χ4n) is 11.5. The van der Waals surface area contributed by atoms with Crippen molar-refractivity contribution in [3.8, 4) is 39.5 Å². The quantitative estimate of drug-likeness (QED) is 0.121. The summed E-state index contributed by atoms with van der Waals surface area (Å²) >= 11 is 0. The maximum absolute atomic E-state index is 9.61. The molecule has 0 amide bonds. The maximum Gasteiger partial charge on any atom is 0.364 e. The van der Waals surface area contributed by atoms with E-state index in [0.29, 0.717) is 0 Å². The number of imidazole rings is 1. The molecule has 1 atom stereocenters. The van der Waals surface area contributed by atoms with Crippen molar-refractivity contribution >= 4 is 57.0 Å². The molecule has 0 aliphatic carbocycles. The zero-order chi connectivity index (χ0) is 48.3. The Balaban J connectivity index is 1.37. The monoisotopic (exact) mass is 867 g/mol. The molecule has 0 saturated heterocycles. The largest absolute Gasteiger partial charge is 0.455 e. The van der Waals surface area contributed by atoms with Gasteiger partial charge in [0.1, 0.15) is 16.8 Å². The van der Waals surface area contributed by atoms with Crippen molar-refractivity contribution in [1.82, 2.24) is 4.57 Å². The fraction of sp³-hybridized carbons (Fsp3) is 0.233. The molecule has 65 heavy (non-hydrogen) atoms. The molecule has 5 heteroatoms. The van der Waals surface area contributed by atoms with Crippen LogP contribution >= 0.6 is 0 Å². The Hall–Kier alpha value is -6.56. The minimum atomic E-state index is -2.37. The van der Waals surface area contributed by atoms with E-state index < -0.39 is 26.5 Å². The molecule has 3 aromatic heterocycles. The second kappa shape index (κ2) is 14.0. The molecule has 2 aliphatic rings. The first-order valence-corrected chi connectivity index (χ1v) is 26.7. The van der Waals surface area contributed by atoms with E-state index in [4.69, 9.17) is 8.53 Å². The summed E-state index contributed by atoms with van der Waals surface area (Å²) in [7, 11) is -2.17. The smallest absolute Gasteiger partial charge is 0.364 e. The Kier molecular flexibility index (Phi) is 7.68. The first-order chi connectivity index (χ1) is 32.8. The van der Waals surface area contributed by atoms with E-state index in [0.717, 1.165) is 99.9 Å². The van der Waals surface area contributed by atoms with Gasteiger partial charge in [-0.15, -0.1) is 9.13 Å². The van der Waals surface area contributed by atoms with Crippen LogP contribution in [0.15, 0.2) is 150 Å². The van der Waals surface area contributed by atoms with Gasteiger partial charge in [0.25, 0.3) is 0 Å². The molecule has 0 fully saturated rings. The predicted octanol–water partition coefficient (Wildman–Crippen LogP) is 14.4. The van der Waals surface area contributed by atoms with Gasteiger partial charge >= 0.3 is 11.5 Å². The van der Waals surface area contributed by atoms with Crippen LogP contribution in [-0.2, 0) is 5.66 Å². The summed E-state index contributed by atoms with van der Waals surface area (Å²) in [6.07, 6.45) is 2.36. The summed E-state index contributed by atoms with van der Waals surface area (Å²) in [6, 6.07) is 49.6. The summed E-state index contributed by atoms with van der Waals surface area (Å²) in [5.74, 6) is 0.461. The molecule has 4 nitrogen and oxygen atoms in total. The van der Waals surface area contributed by atoms with Crippen LogP contribution in [0.1, 0.15) is 98.1 Å². The molecule has 2 aliphatic heterocycles. The number of fused-ring (bicyclic) bond motifs is 18. The van der Waals surface area contributed by atoms with Crippen LogP contribution in [0.5, 0.6) is 0 Å². The van der Waals surface area contributed by atoms with Crippen LogP contribution < -0.4 is 14.3 Å². The van der Waals surface area contributed by atoms with Gasteiger partial charge in [-0.05, 0) is 101 Å². The van der Waals surface area contributed by atoms with E-state index in [-0.39, 0.29) is 17.4 Å². The van der Waals surface area contributed by atoms with Crippen LogP contribution in [-0.4, -0.2) is 12.6 Å². The van der Waals surface area contributed by atoms with Gasteiger partial charge in [0.2, 0.25) is 5.69 Å². The second-order valence-electron chi connectivity index (χ2n) is 20.3. The number of para-hydroxylation sites is 1. The number of pyridine rings is 1. The summed E-state index contributed by atoms with van der Waals surface area (Å²) in [5.41, 5.74) is 14.5. The summed E-state index contributed by atoms with van der Waals surface area (Å²) < 4.78 is 51.2. The standard InChI is InChI=1S/C60H57N3OSi/c1-35(2)42-21-16-22-43(36(3)4)56(42)62-57-44-20-15-14-19-40(44)25-30-51(57)63-59(62)55-49(29-28-46-45-27-24-41(32-53(45)64-58(46)55)39-17-12-11-13-18-39)60(63)50-31-38(7)23-26-47(50)52-33-48(37(5)6)54(34-61(52)60)65(8,9)10/h11-37H,1-10H3/q+2/i7D3,37D. The fourth-order valence-corrected chi connectivity index (χ4v) is 13.2. The minimum Gasteiger partial charge on any atom is -0.455 e. The molecule has 0 N–H and O–H groups in total. The van der Waals surface area contributed by atoms with Crippen molar-refractivity contribution in [2.75, 3.05) is 0 Å². The van der Waals surface area contributed by atoms with Crippen LogP contribution in [0, 0.1) is 6.85 Å². The number of rotatable bonds is 6.